The van der Waals surface area contributed by atoms with Crippen molar-refractivity contribution in [1.29, 1.82) is 0 Å². The number of carbonyl (C=O) groups is 1. The number of aromatic nitrogens is 5. The van der Waals surface area contributed by atoms with Crippen LogP contribution >= 0.6 is 11.6 Å². The van der Waals surface area contributed by atoms with E-state index in [0.29, 0.717) is 61.0 Å². The largest absolute Gasteiger partial charge is 0.361 e. The van der Waals surface area contributed by atoms with Crippen LogP contribution in [-0.4, -0.2) is 30.4 Å². The molecule has 1 atom stereocenters. The van der Waals surface area contributed by atoms with Crippen LogP contribution in [-0.2, 0) is 4.79 Å². The van der Waals surface area contributed by atoms with Crippen LogP contribution in [0, 0.1) is 0 Å². The van der Waals surface area contributed by atoms with Gasteiger partial charge in [-0.3, -0.25) is 19.0 Å². The number of para-hydroxylation sites is 1. The van der Waals surface area contributed by atoms with Crippen LogP contribution in [0.3, 0.4) is 0 Å². The molecule has 0 aliphatic carbocycles. The maximum absolute atomic E-state index is 14.5. The van der Waals surface area contributed by atoms with Crippen molar-refractivity contribution in [1.82, 2.24) is 24.5 Å². The number of amides is 1. The van der Waals surface area contributed by atoms with E-state index in [0.717, 1.165) is 0 Å². The maximum Gasteiger partial charge on any atom is 0.263 e. The van der Waals surface area contributed by atoms with E-state index in [1.807, 2.05) is 49.4 Å². The van der Waals surface area contributed by atoms with Crippen molar-refractivity contribution in [2.75, 3.05) is 10.6 Å². The van der Waals surface area contributed by atoms with Crippen LogP contribution in [0.5, 0.6) is 0 Å². The Morgan fingerprint density at radius 3 is 2.50 bits per heavy atom. The van der Waals surface area contributed by atoms with Gasteiger partial charge in [0.25, 0.3) is 5.56 Å². The normalized spacial score (nSPS) is 11.9. The maximum atomic E-state index is 14.5. The quantitative estimate of drug-likeness (QED) is 0.239. The van der Waals surface area contributed by atoms with Gasteiger partial charge in [0.1, 0.15) is 29.0 Å². The molecule has 0 unspecified atom stereocenters. The number of anilines is 2. The van der Waals surface area contributed by atoms with E-state index in [1.165, 1.54) is 25.5 Å². The number of pyridine rings is 3. The zero-order chi connectivity index (χ0) is 29.4. The lowest BCUT2D eigenvalue weighted by atomic mass is 9.98. The van der Waals surface area contributed by atoms with Crippen molar-refractivity contribution < 1.29 is 4.79 Å². The van der Waals surface area contributed by atoms with Crippen molar-refractivity contribution in [2.45, 2.75) is 19.9 Å². The molecule has 42 heavy (non-hydrogen) atoms. The Morgan fingerprint density at radius 2 is 1.76 bits per heavy atom. The number of nitrogens with zero attached hydrogens (tertiary/aromatic N) is 4. The monoisotopic (exact) mass is 577 g/mol. The number of halogens is 1. The minimum atomic E-state index is -0.560. The van der Waals surface area contributed by atoms with E-state index < -0.39 is 6.04 Å². The number of rotatable bonds is 6. The zero-order valence-corrected chi connectivity index (χ0v) is 23.3. The predicted octanol–water partition coefficient (Wildman–Crippen LogP) is 5.47. The van der Waals surface area contributed by atoms with Gasteiger partial charge >= 0.3 is 0 Å². The molecule has 0 aliphatic heterocycles. The van der Waals surface area contributed by atoms with Crippen LogP contribution in [0.2, 0.25) is 5.02 Å². The standard InChI is InChI=1S/C31H24ClN7O3/c1-17(37-30-26-23(41)13-14-33-29(26)35-16-36-30)28-27(32)22-10-6-9-21(19-11-12-24(34-15-19)38-18(2)40)25(22)31(42)39(28)20-7-4-3-5-8-20/h3-17H,1-2H3,(H,34,38,40)(H2,33,35,36,37,41)/t17-/m0/s1. The molecule has 6 rings (SSSR count). The van der Waals surface area contributed by atoms with Crippen LogP contribution < -0.4 is 21.6 Å². The lowest BCUT2D eigenvalue weighted by Crippen LogP contribution is -2.27. The number of fused-ring (bicyclic) bond motifs is 2. The second-order valence-corrected chi connectivity index (χ2v) is 10.0. The Balaban J connectivity index is 1.57. The predicted molar refractivity (Wildman–Crippen MR) is 164 cm³/mol. The number of H-pyrrole nitrogens is 1. The highest BCUT2D eigenvalue weighted by molar-refractivity contribution is 6.36. The highest BCUT2D eigenvalue weighted by Crippen LogP contribution is 2.36. The number of benzene rings is 2. The molecule has 0 bridgehead atoms. The van der Waals surface area contributed by atoms with Crippen molar-refractivity contribution >= 4 is 50.9 Å². The first-order valence-electron chi connectivity index (χ1n) is 13.1. The molecule has 0 aliphatic rings. The number of hydrogen-bond donors (Lipinski definition) is 3. The van der Waals surface area contributed by atoms with Gasteiger partial charge in [0, 0.05) is 42.0 Å². The molecule has 11 heteroatoms. The number of hydrogen-bond acceptors (Lipinski definition) is 7. The van der Waals surface area contributed by atoms with Crippen LogP contribution in [0.1, 0.15) is 25.6 Å². The fraction of sp³-hybridized carbons (Fsp3) is 0.0968. The van der Waals surface area contributed by atoms with E-state index in [4.69, 9.17) is 11.6 Å². The third-order valence-electron chi connectivity index (χ3n) is 6.89. The van der Waals surface area contributed by atoms with Crippen molar-refractivity contribution in [2.24, 2.45) is 0 Å². The van der Waals surface area contributed by atoms with Crippen LogP contribution in [0.4, 0.5) is 11.6 Å². The minimum absolute atomic E-state index is 0.229. The van der Waals surface area contributed by atoms with Gasteiger partial charge in [-0.2, -0.15) is 0 Å². The van der Waals surface area contributed by atoms with E-state index in [2.05, 4.69) is 30.6 Å². The summed E-state index contributed by atoms with van der Waals surface area (Å²) in [5.41, 5.74) is 2.31. The van der Waals surface area contributed by atoms with E-state index in [1.54, 1.807) is 29.0 Å². The van der Waals surface area contributed by atoms with Gasteiger partial charge in [-0.05, 0) is 36.8 Å². The summed E-state index contributed by atoms with van der Waals surface area (Å²) in [4.78, 5) is 54.4. The summed E-state index contributed by atoms with van der Waals surface area (Å²) < 4.78 is 1.58. The molecule has 208 valence electrons. The molecule has 10 nitrogen and oxygen atoms in total. The molecule has 4 aromatic heterocycles. The first-order valence-corrected chi connectivity index (χ1v) is 13.5. The molecule has 4 heterocycles. The van der Waals surface area contributed by atoms with Crippen molar-refractivity contribution in [3.05, 3.63) is 117 Å². The Kier molecular flexibility index (Phi) is 6.97. The van der Waals surface area contributed by atoms with Crippen LogP contribution in [0.25, 0.3) is 38.6 Å². The van der Waals surface area contributed by atoms with Gasteiger partial charge in [0.15, 0.2) is 5.43 Å². The Labute approximate surface area is 244 Å². The van der Waals surface area contributed by atoms with Gasteiger partial charge in [0.05, 0.1) is 22.1 Å². The number of nitrogens with one attached hydrogen (secondary N) is 3. The molecule has 0 radical (unpaired) electrons. The highest BCUT2D eigenvalue weighted by Gasteiger charge is 2.24. The third kappa shape index (κ3) is 4.77. The second kappa shape index (κ2) is 10.9. The summed E-state index contributed by atoms with van der Waals surface area (Å²) >= 11 is 7.16. The zero-order valence-electron chi connectivity index (χ0n) is 22.6. The Bertz CT molecular complexity index is 2090. The Hall–Kier alpha value is -5.35. The fourth-order valence-corrected chi connectivity index (χ4v) is 5.48. The Morgan fingerprint density at radius 1 is 0.952 bits per heavy atom. The molecule has 1 amide bonds. The van der Waals surface area contributed by atoms with E-state index in [-0.39, 0.29) is 16.9 Å². The number of carbonyl (C=O) groups excluding carboxylic acids is 1. The van der Waals surface area contributed by atoms with Crippen molar-refractivity contribution in [3.63, 3.8) is 0 Å². The van der Waals surface area contributed by atoms with Gasteiger partial charge in [-0.25, -0.2) is 15.0 Å². The lowest BCUT2D eigenvalue weighted by molar-refractivity contribution is -0.114. The average Bonchev–Trinajstić information content (AvgIpc) is 2.99. The smallest absolute Gasteiger partial charge is 0.263 e. The number of aromatic amines is 1. The minimum Gasteiger partial charge on any atom is -0.361 e. The summed E-state index contributed by atoms with van der Waals surface area (Å²) in [7, 11) is 0. The summed E-state index contributed by atoms with van der Waals surface area (Å²) in [5, 5.41) is 7.59. The molecule has 6 aromatic rings. The highest BCUT2D eigenvalue weighted by atomic mass is 35.5. The fourth-order valence-electron chi connectivity index (χ4n) is 5.08. The average molecular weight is 578 g/mol. The molecular formula is C31H24ClN7O3. The molecule has 3 N–H and O–H groups in total. The topological polar surface area (TPSA) is 135 Å². The summed E-state index contributed by atoms with van der Waals surface area (Å²) in [5.74, 6) is 0.494. The first-order chi connectivity index (χ1) is 20.3. The second-order valence-electron chi connectivity index (χ2n) is 9.67. The lowest BCUT2D eigenvalue weighted by Gasteiger charge is -2.24. The van der Waals surface area contributed by atoms with Gasteiger partial charge in [-0.1, -0.05) is 48.0 Å². The SMILES string of the molecule is CC(=O)Nc1ccc(-c2cccc3c(Cl)c([C@H](C)Nc4ncnc5[nH]ccc(=O)c45)n(-c4ccccc4)c(=O)c23)cn1. The van der Waals surface area contributed by atoms with Gasteiger partial charge < -0.3 is 15.6 Å². The van der Waals surface area contributed by atoms with Gasteiger partial charge in [-0.15, -0.1) is 0 Å². The van der Waals surface area contributed by atoms with Crippen molar-refractivity contribution in [3.8, 4) is 16.8 Å². The molecule has 2 aromatic carbocycles. The summed E-state index contributed by atoms with van der Waals surface area (Å²) in [6.07, 6.45) is 4.49. The molecule has 0 saturated heterocycles. The summed E-state index contributed by atoms with van der Waals surface area (Å²) in [6, 6.07) is 19.0. The van der Waals surface area contributed by atoms with Gasteiger partial charge in [0.2, 0.25) is 5.91 Å². The first kappa shape index (κ1) is 26.9. The van der Waals surface area contributed by atoms with Crippen LogP contribution in [0.15, 0.2) is 95.0 Å². The molecule has 0 saturated carbocycles. The molecule has 0 fully saturated rings. The molecular weight excluding hydrogens is 554 g/mol. The summed E-state index contributed by atoms with van der Waals surface area (Å²) in [6.45, 7) is 3.26. The van der Waals surface area contributed by atoms with E-state index >= 15 is 0 Å². The molecule has 0 spiro atoms. The third-order valence-corrected chi connectivity index (χ3v) is 7.29. The van der Waals surface area contributed by atoms with E-state index in [9.17, 15) is 14.4 Å².